The van der Waals surface area contributed by atoms with E-state index >= 15 is 0 Å². The van der Waals surface area contributed by atoms with E-state index in [9.17, 15) is 13.2 Å². The number of nitrogens with one attached hydrogen (secondary N) is 1. The van der Waals surface area contributed by atoms with E-state index in [1.165, 1.54) is 6.26 Å². The molecule has 0 bridgehead atoms. The van der Waals surface area contributed by atoms with Crippen molar-refractivity contribution in [3.05, 3.63) is 29.8 Å². The van der Waals surface area contributed by atoms with Crippen LogP contribution in [0.15, 0.2) is 24.3 Å². The minimum absolute atomic E-state index is 0.00324. The molecule has 6 heteroatoms. The van der Waals surface area contributed by atoms with Crippen LogP contribution in [0.1, 0.15) is 5.56 Å². The lowest BCUT2D eigenvalue weighted by Crippen LogP contribution is -2.12. The Bertz CT molecular complexity index is 467. The van der Waals surface area contributed by atoms with Gasteiger partial charge >= 0.3 is 0 Å². The van der Waals surface area contributed by atoms with E-state index in [1.54, 1.807) is 24.3 Å². The van der Waals surface area contributed by atoms with Gasteiger partial charge in [-0.3, -0.25) is 4.79 Å². The van der Waals surface area contributed by atoms with Gasteiger partial charge in [0.1, 0.15) is 5.88 Å². The number of alkyl halides is 1. The Kier molecular flexibility index (Phi) is 4.32. The summed E-state index contributed by atoms with van der Waals surface area (Å²) in [7, 11) is -3.03. The molecule has 0 unspecified atom stereocenters. The fourth-order valence-electron chi connectivity index (χ4n) is 1.18. The summed E-state index contributed by atoms with van der Waals surface area (Å²) in [5.41, 5.74) is 1.29. The summed E-state index contributed by atoms with van der Waals surface area (Å²) in [5.74, 6) is -0.403. The van der Waals surface area contributed by atoms with E-state index in [0.717, 1.165) is 0 Å². The lowest BCUT2D eigenvalue weighted by Gasteiger charge is -2.04. The van der Waals surface area contributed by atoms with E-state index < -0.39 is 9.84 Å². The summed E-state index contributed by atoms with van der Waals surface area (Å²) in [5, 5.41) is 2.56. The van der Waals surface area contributed by atoms with Crippen LogP contribution in [-0.2, 0) is 20.4 Å². The van der Waals surface area contributed by atoms with Gasteiger partial charge in [-0.25, -0.2) is 8.42 Å². The average Bonchev–Trinajstić information content (AvgIpc) is 2.18. The topological polar surface area (TPSA) is 63.2 Å². The Labute approximate surface area is 99.5 Å². The van der Waals surface area contributed by atoms with Gasteiger partial charge < -0.3 is 5.32 Å². The van der Waals surface area contributed by atoms with E-state index in [0.29, 0.717) is 11.3 Å². The number of benzene rings is 1. The highest BCUT2D eigenvalue weighted by Crippen LogP contribution is 2.11. The number of anilines is 1. The second kappa shape index (κ2) is 5.32. The van der Waals surface area contributed by atoms with Crippen LogP contribution in [0.25, 0.3) is 0 Å². The molecule has 0 atom stereocenters. The van der Waals surface area contributed by atoms with Gasteiger partial charge in [-0.1, -0.05) is 12.1 Å². The molecule has 0 fully saturated rings. The van der Waals surface area contributed by atoms with Gasteiger partial charge in [-0.05, 0) is 17.7 Å². The molecule has 16 heavy (non-hydrogen) atoms. The first kappa shape index (κ1) is 13.0. The molecule has 0 aliphatic rings. The van der Waals surface area contributed by atoms with Crippen molar-refractivity contribution >= 4 is 33.0 Å². The van der Waals surface area contributed by atoms with Gasteiger partial charge in [0.15, 0.2) is 9.84 Å². The lowest BCUT2D eigenvalue weighted by molar-refractivity contribution is -0.113. The highest BCUT2D eigenvalue weighted by molar-refractivity contribution is 7.89. The average molecular weight is 262 g/mol. The summed E-state index contributed by atoms with van der Waals surface area (Å²) in [6.45, 7) is 0. The maximum atomic E-state index is 11.0. The highest BCUT2D eigenvalue weighted by atomic mass is 35.5. The van der Waals surface area contributed by atoms with Crippen molar-refractivity contribution in [3.63, 3.8) is 0 Å². The molecular formula is C10H12ClNO3S. The van der Waals surface area contributed by atoms with Crippen LogP contribution in [-0.4, -0.2) is 26.5 Å². The minimum Gasteiger partial charge on any atom is -0.325 e. The van der Waals surface area contributed by atoms with Crippen LogP contribution in [0.2, 0.25) is 0 Å². The molecule has 4 nitrogen and oxygen atoms in total. The van der Waals surface area contributed by atoms with Crippen molar-refractivity contribution < 1.29 is 13.2 Å². The number of hydrogen-bond donors (Lipinski definition) is 1. The quantitative estimate of drug-likeness (QED) is 0.834. The van der Waals surface area contributed by atoms with Crippen molar-refractivity contribution in [2.24, 2.45) is 0 Å². The maximum Gasteiger partial charge on any atom is 0.239 e. The SMILES string of the molecule is CS(=O)(=O)Cc1ccc(NC(=O)CCl)cc1. The Morgan fingerprint density at radius 2 is 1.88 bits per heavy atom. The molecule has 0 heterocycles. The number of halogens is 1. The molecule has 88 valence electrons. The number of rotatable bonds is 4. The van der Waals surface area contributed by atoms with Gasteiger partial charge in [-0.15, -0.1) is 11.6 Å². The molecule has 0 aromatic heterocycles. The molecule has 1 aromatic rings. The molecule has 0 saturated carbocycles. The standard InChI is InChI=1S/C10H12ClNO3S/c1-16(14,15)7-8-2-4-9(5-3-8)12-10(13)6-11/h2-5H,6-7H2,1H3,(H,12,13). The number of sulfone groups is 1. The number of amides is 1. The molecule has 0 saturated heterocycles. The third-order valence-corrected chi connectivity index (χ3v) is 2.89. The molecule has 1 aromatic carbocycles. The van der Waals surface area contributed by atoms with Gasteiger partial charge in [0.25, 0.3) is 0 Å². The second-order valence-electron chi connectivity index (χ2n) is 3.45. The first-order valence-corrected chi connectivity index (χ1v) is 7.13. The fourth-order valence-corrected chi connectivity index (χ4v) is 2.05. The van der Waals surface area contributed by atoms with E-state index in [-0.39, 0.29) is 17.5 Å². The van der Waals surface area contributed by atoms with Crippen LogP contribution < -0.4 is 5.32 Å². The Balaban J connectivity index is 2.72. The van der Waals surface area contributed by atoms with Crippen molar-refractivity contribution in [1.29, 1.82) is 0 Å². The first-order valence-electron chi connectivity index (χ1n) is 4.53. The monoisotopic (exact) mass is 261 g/mol. The number of carbonyl (C=O) groups is 1. The summed E-state index contributed by atoms with van der Waals surface area (Å²) in [6, 6.07) is 6.60. The van der Waals surface area contributed by atoms with Crippen molar-refractivity contribution in [2.75, 3.05) is 17.5 Å². The summed E-state index contributed by atoms with van der Waals surface area (Å²) in [4.78, 5) is 11.0. The minimum atomic E-state index is -3.03. The molecule has 1 N–H and O–H groups in total. The zero-order chi connectivity index (χ0) is 12.2. The van der Waals surface area contributed by atoms with E-state index in [1.807, 2.05) is 0 Å². The molecular weight excluding hydrogens is 250 g/mol. The van der Waals surface area contributed by atoms with E-state index in [2.05, 4.69) is 5.32 Å². The van der Waals surface area contributed by atoms with Gasteiger partial charge in [0, 0.05) is 11.9 Å². The van der Waals surface area contributed by atoms with Crippen LogP contribution in [0, 0.1) is 0 Å². The largest absolute Gasteiger partial charge is 0.325 e. The highest BCUT2D eigenvalue weighted by Gasteiger charge is 2.05. The molecule has 1 amide bonds. The maximum absolute atomic E-state index is 11.0. The molecule has 0 radical (unpaired) electrons. The normalized spacial score (nSPS) is 11.1. The summed E-state index contributed by atoms with van der Waals surface area (Å²) in [6.07, 6.45) is 1.18. The summed E-state index contributed by atoms with van der Waals surface area (Å²) < 4.78 is 22.0. The Morgan fingerprint density at radius 3 is 2.31 bits per heavy atom. The predicted octanol–water partition coefficient (Wildman–Crippen LogP) is 1.41. The van der Waals surface area contributed by atoms with Crippen molar-refractivity contribution in [2.45, 2.75) is 5.75 Å². The zero-order valence-corrected chi connectivity index (χ0v) is 10.3. The Hall–Kier alpha value is -1.07. The Morgan fingerprint density at radius 1 is 1.31 bits per heavy atom. The molecule has 0 spiro atoms. The van der Waals surface area contributed by atoms with Gasteiger partial charge in [0.2, 0.25) is 5.91 Å². The van der Waals surface area contributed by atoms with Crippen LogP contribution in [0.4, 0.5) is 5.69 Å². The van der Waals surface area contributed by atoms with Gasteiger partial charge in [-0.2, -0.15) is 0 Å². The summed E-state index contributed by atoms with van der Waals surface area (Å²) >= 11 is 5.33. The van der Waals surface area contributed by atoms with Crippen LogP contribution in [0.5, 0.6) is 0 Å². The third kappa shape index (κ3) is 4.63. The molecule has 0 aliphatic carbocycles. The van der Waals surface area contributed by atoms with Crippen molar-refractivity contribution in [3.8, 4) is 0 Å². The zero-order valence-electron chi connectivity index (χ0n) is 8.73. The van der Waals surface area contributed by atoms with E-state index in [4.69, 9.17) is 11.6 Å². The number of carbonyl (C=O) groups excluding carboxylic acids is 1. The molecule has 0 aliphatic heterocycles. The second-order valence-corrected chi connectivity index (χ2v) is 5.86. The van der Waals surface area contributed by atoms with Crippen LogP contribution in [0.3, 0.4) is 0 Å². The first-order chi connectivity index (χ1) is 7.40. The number of hydrogen-bond acceptors (Lipinski definition) is 3. The smallest absolute Gasteiger partial charge is 0.239 e. The fraction of sp³-hybridized carbons (Fsp3) is 0.300. The van der Waals surface area contributed by atoms with Gasteiger partial charge in [0.05, 0.1) is 5.75 Å². The van der Waals surface area contributed by atoms with Crippen LogP contribution >= 0.6 is 11.6 Å². The third-order valence-electron chi connectivity index (χ3n) is 1.79. The molecule has 1 rings (SSSR count). The predicted molar refractivity (Wildman–Crippen MR) is 64.3 cm³/mol. The van der Waals surface area contributed by atoms with Crippen molar-refractivity contribution in [1.82, 2.24) is 0 Å². The lowest BCUT2D eigenvalue weighted by atomic mass is 10.2.